The van der Waals surface area contributed by atoms with Crippen LogP contribution in [-0.2, 0) is 24.2 Å². The van der Waals surface area contributed by atoms with E-state index >= 15 is 0 Å². The zero-order valence-electron chi connectivity index (χ0n) is 15.8. The number of carbonyl (C=O) groups is 1. The maximum atomic E-state index is 12.5. The van der Waals surface area contributed by atoms with Crippen LogP contribution in [-0.4, -0.2) is 20.7 Å². The molecule has 0 radical (unpaired) electrons. The first-order valence-electron chi connectivity index (χ1n) is 9.41. The van der Waals surface area contributed by atoms with Crippen molar-refractivity contribution >= 4 is 11.6 Å². The molecule has 2 aromatic carbocycles. The van der Waals surface area contributed by atoms with E-state index in [1.807, 2.05) is 18.2 Å². The van der Waals surface area contributed by atoms with Crippen molar-refractivity contribution in [1.29, 1.82) is 0 Å². The van der Waals surface area contributed by atoms with Crippen molar-refractivity contribution in [2.24, 2.45) is 0 Å². The minimum absolute atomic E-state index is 0.0140. The molecule has 138 valence electrons. The van der Waals surface area contributed by atoms with E-state index in [9.17, 15) is 4.79 Å². The molecule has 0 fully saturated rings. The number of nitrogens with zero attached hydrogens (tertiary/aromatic N) is 3. The molecule has 0 spiro atoms. The molecule has 4 rings (SSSR count). The summed E-state index contributed by atoms with van der Waals surface area (Å²) in [6.07, 6.45) is 4.18. The summed E-state index contributed by atoms with van der Waals surface area (Å²) in [6.45, 7) is 5.05. The second-order valence-corrected chi connectivity index (χ2v) is 7.40. The number of benzene rings is 2. The van der Waals surface area contributed by atoms with Gasteiger partial charge in [-0.2, -0.15) is 0 Å². The maximum absolute atomic E-state index is 12.5. The molecule has 1 atom stereocenters. The van der Waals surface area contributed by atoms with Gasteiger partial charge in [0, 0.05) is 24.6 Å². The van der Waals surface area contributed by atoms with Crippen LogP contribution in [0.4, 0.5) is 5.69 Å². The molecule has 2 heterocycles. The van der Waals surface area contributed by atoms with Crippen molar-refractivity contribution < 1.29 is 4.79 Å². The van der Waals surface area contributed by atoms with Crippen molar-refractivity contribution in [1.82, 2.24) is 14.8 Å². The van der Waals surface area contributed by atoms with Crippen molar-refractivity contribution in [2.75, 3.05) is 5.32 Å². The van der Waals surface area contributed by atoms with E-state index in [0.29, 0.717) is 12.3 Å². The fraction of sp³-hybridized carbons (Fsp3) is 0.318. The Labute approximate surface area is 159 Å². The highest BCUT2D eigenvalue weighted by molar-refractivity contribution is 5.92. The first-order chi connectivity index (χ1) is 13.1. The summed E-state index contributed by atoms with van der Waals surface area (Å²) in [4.78, 5) is 12.5. The Morgan fingerprint density at radius 1 is 1.19 bits per heavy atom. The number of hydrogen-bond acceptors (Lipinski definition) is 3. The van der Waals surface area contributed by atoms with Gasteiger partial charge in [-0.25, -0.2) is 0 Å². The lowest BCUT2D eigenvalue weighted by Crippen LogP contribution is -2.19. The summed E-state index contributed by atoms with van der Waals surface area (Å²) in [6, 6.07) is 14.4. The number of hydrogen-bond donors (Lipinski definition) is 1. The highest BCUT2D eigenvalue weighted by Crippen LogP contribution is 2.29. The zero-order valence-corrected chi connectivity index (χ0v) is 15.8. The minimum Gasteiger partial charge on any atom is -0.326 e. The van der Waals surface area contributed by atoms with E-state index in [0.717, 1.165) is 36.5 Å². The summed E-state index contributed by atoms with van der Waals surface area (Å²) < 4.78 is 2.12. The Morgan fingerprint density at radius 3 is 2.93 bits per heavy atom. The predicted octanol–water partition coefficient (Wildman–Crippen LogP) is 3.81. The first-order valence-corrected chi connectivity index (χ1v) is 9.41. The third-order valence-corrected chi connectivity index (χ3v) is 5.41. The second kappa shape index (κ2) is 7.35. The van der Waals surface area contributed by atoms with Gasteiger partial charge in [0.05, 0.1) is 6.42 Å². The molecule has 27 heavy (non-hydrogen) atoms. The largest absolute Gasteiger partial charge is 0.326 e. The van der Waals surface area contributed by atoms with Gasteiger partial charge in [0.15, 0.2) is 0 Å². The third-order valence-electron chi connectivity index (χ3n) is 5.41. The Morgan fingerprint density at radius 2 is 2.07 bits per heavy atom. The molecule has 1 aromatic heterocycles. The lowest BCUT2D eigenvalue weighted by molar-refractivity contribution is -0.115. The summed E-state index contributed by atoms with van der Waals surface area (Å²) in [5, 5.41) is 11.2. The molecule has 1 amide bonds. The van der Waals surface area contributed by atoms with Crippen LogP contribution in [0.3, 0.4) is 0 Å². The number of anilines is 1. The van der Waals surface area contributed by atoms with Crippen molar-refractivity contribution in [3.63, 3.8) is 0 Å². The van der Waals surface area contributed by atoms with Crippen LogP contribution in [0.1, 0.15) is 40.4 Å². The SMILES string of the molecule is Cc1ccc(CC(=O)Nc2cccc([C@@H]3CCc4nncn4C3)c2)cc1C. The van der Waals surface area contributed by atoms with E-state index in [2.05, 4.69) is 58.2 Å². The molecule has 5 heteroatoms. The van der Waals surface area contributed by atoms with Crippen molar-refractivity contribution in [3.05, 3.63) is 76.9 Å². The highest BCUT2D eigenvalue weighted by Gasteiger charge is 2.21. The van der Waals surface area contributed by atoms with Crippen LogP contribution in [0, 0.1) is 13.8 Å². The fourth-order valence-corrected chi connectivity index (χ4v) is 3.70. The van der Waals surface area contributed by atoms with Gasteiger partial charge in [0.2, 0.25) is 5.91 Å². The summed E-state index contributed by atoms with van der Waals surface area (Å²) in [7, 11) is 0. The number of aryl methyl sites for hydroxylation is 3. The average Bonchev–Trinajstić information content (AvgIpc) is 3.12. The second-order valence-electron chi connectivity index (χ2n) is 7.40. The Kier molecular flexibility index (Phi) is 4.75. The molecule has 1 aliphatic rings. The number of nitrogens with one attached hydrogen (secondary N) is 1. The van der Waals surface area contributed by atoms with Crippen LogP contribution in [0.25, 0.3) is 0 Å². The van der Waals surface area contributed by atoms with Gasteiger partial charge >= 0.3 is 0 Å². The van der Waals surface area contributed by atoms with E-state index in [1.165, 1.54) is 16.7 Å². The van der Waals surface area contributed by atoms with Crippen LogP contribution in [0.2, 0.25) is 0 Å². The Balaban J connectivity index is 1.43. The van der Waals surface area contributed by atoms with E-state index < -0.39 is 0 Å². The monoisotopic (exact) mass is 360 g/mol. The molecule has 0 unspecified atom stereocenters. The standard InChI is InChI=1S/C22H24N4O/c1-15-6-7-17(10-16(15)2)11-22(27)24-20-5-3-4-18(12-20)19-8-9-21-25-23-14-26(21)13-19/h3-7,10,12,14,19H,8-9,11,13H2,1-2H3,(H,24,27)/t19-/m1/s1. The molecule has 0 saturated heterocycles. The van der Waals surface area contributed by atoms with Crippen LogP contribution in [0.5, 0.6) is 0 Å². The third kappa shape index (κ3) is 3.92. The van der Waals surface area contributed by atoms with Gasteiger partial charge in [-0.05, 0) is 54.7 Å². The van der Waals surface area contributed by atoms with E-state index in [-0.39, 0.29) is 5.91 Å². The molecule has 0 saturated carbocycles. The van der Waals surface area contributed by atoms with Crippen LogP contribution < -0.4 is 5.32 Å². The van der Waals surface area contributed by atoms with Gasteiger partial charge in [-0.1, -0.05) is 30.3 Å². The number of rotatable bonds is 4. The normalized spacial score (nSPS) is 16.0. The lowest BCUT2D eigenvalue weighted by atomic mass is 9.91. The predicted molar refractivity (Wildman–Crippen MR) is 106 cm³/mol. The van der Waals surface area contributed by atoms with Gasteiger partial charge in [-0.3, -0.25) is 4.79 Å². The topological polar surface area (TPSA) is 59.8 Å². The average molecular weight is 360 g/mol. The molecule has 1 N–H and O–H groups in total. The van der Waals surface area contributed by atoms with Crippen LogP contribution in [0.15, 0.2) is 48.8 Å². The Bertz CT molecular complexity index is 976. The van der Waals surface area contributed by atoms with Gasteiger partial charge in [0.1, 0.15) is 12.2 Å². The fourth-order valence-electron chi connectivity index (χ4n) is 3.70. The first kappa shape index (κ1) is 17.5. The molecule has 1 aliphatic heterocycles. The summed E-state index contributed by atoms with van der Waals surface area (Å²) in [5.41, 5.74) is 5.61. The van der Waals surface area contributed by atoms with Gasteiger partial charge in [-0.15, -0.1) is 10.2 Å². The number of carbonyl (C=O) groups excluding carboxylic acids is 1. The highest BCUT2D eigenvalue weighted by atomic mass is 16.1. The minimum atomic E-state index is 0.0140. The van der Waals surface area contributed by atoms with Gasteiger partial charge in [0.25, 0.3) is 0 Å². The van der Waals surface area contributed by atoms with Crippen molar-refractivity contribution in [2.45, 2.75) is 45.6 Å². The molecule has 5 nitrogen and oxygen atoms in total. The van der Waals surface area contributed by atoms with Crippen molar-refractivity contribution in [3.8, 4) is 0 Å². The smallest absolute Gasteiger partial charge is 0.228 e. The molecule has 3 aromatic rings. The quantitative estimate of drug-likeness (QED) is 0.770. The zero-order chi connectivity index (χ0) is 18.8. The summed E-state index contributed by atoms with van der Waals surface area (Å²) in [5.74, 6) is 1.49. The maximum Gasteiger partial charge on any atom is 0.228 e. The van der Waals surface area contributed by atoms with Gasteiger partial charge < -0.3 is 9.88 Å². The Hall–Kier alpha value is -2.95. The van der Waals surface area contributed by atoms with E-state index in [4.69, 9.17) is 0 Å². The van der Waals surface area contributed by atoms with E-state index in [1.54, 1.807) is 6.33 Å². The number of fused-ring (bicyclic) bond motifs is 1. The molecule has 0 bridgehead atoms. The molecular formula is C22H24N4O. The molecule has 0 aliphatic carbocycles. The van der Waals surface area contributed by atoms with Crippen LogP contribution >= 0.6 is 0 Å². The number of aromatic nitrogens is 3. The lowest BCUT2D eigenvalue weighted by Gasteiger charge is -2.23. The summed E-state index contributed by atoms with van der Waals surface area (Å²) >= 11 is 0. The number of amides is 1. The molecular weight excluding hydrogens is 336 g/mol.